The van der Waals surface area contributed by atoms with Crippen molar-refractivity contribution in [1.82, 2.24) is 0 Å². The molecule has 3 rings (SSSR count). The van der Waals surface area contributed by atoms with Gasteiger partial charge in [0.1, 0.15) is 5.75 Å². The standard InChI is InChI=1S/C29H36ClO2P/c1-4-6-17-29(5-2,33-30)27-21-25(18-23-13-9-7-10-14-23)20-26(28(27)32-22-31-3)19-24-15-11-8-12-16-24/h7-16,20-21,33H,4-6,17-19,22H2,1-3H3. The molecule has 0 saturated carbocycles. The Kier molecular flexibility index (Phi) is 10.3. The zero-order valence-electron chi connectivity index (χ0n) is 20.1. The highest BCUT2D eigenvalue weighted by atomic mass is 35.7. The van der Waals surface area contributed by atoms with Crippen molar-refractivity contribution in [3.8, 4) is 5.75 Å². The summed E-state index contributed by atoms with van der Waals surface area (Å²) in [6, 6.07) is 25.9. The fourth-order valence-corrected chi connectivity index (χ4v) is 6.11. The molecule has 2 unspecified atom stereocenters. The average Bonchev–Trinajstić information content (AvgIpc) is 2.86. The van der Waals surface area contributed by atoms with Crippen LogP contribution in [0.15, 0.2) is 72.8 Å². The van der Waals surface area contributed by atoms with Crippen molar-refractivity contribution >= 4 is 19.2 Å². The van der Waals surface area contributed by atoms with Crippen molar-refractivity contribution < 1.29 is 9.47 Å². The molecule has 33 heavy (non-hydrogen) atoms. The number of benzene rings is 3. The summed E-state index contributed by atoms with van der Waals surface area (Å²) in [7, 11) is 1.96. The van der Waals surface area contributed by atoms with Crippen molar-refractivity contribution in [2.24, 2.45) is 0 Å². The zero-order valence-corrected chi connectivity index (χ0v) is 21.8. The summed E-state index contributed by atoms with van der Waals surface area (Å²) in [5.41, 5.74) is 6.32. The van der Waals surface area contributed by atoms with E-state index in [0.717, 1.165) is 44.3 Å². The van der Waals surface area contributed by atoms with E-state index < -0.39 is 0 Å². The van der Waals surface area contributed by atoms with Gasteiger partial charge in [0.05, 0.1) is 0 Å². The van der Waals surface area contributed by atoms with Crippen molar-refractivity contribution in [1.29, 1.82) is 0 Å². The van der Waals surface area contributed by atoms with Crippen LogP contribution in [0.2, 0.25) is 0 Å². The van der Waals surface area contributed by atoms with Gasteiger partial charge in [-0.25, -0.2) is 0 Å². The van der Waals surface area contributed by atoms with Gasteiger partial charge in [-0.3, -0.25) is 0 Å². The van der Waals surface area contributed by atoms with Crippen LogP contribution in [-0.4, -0.2) is 13.9 Å². The predicted molar refractivity (Wildman–Crippen MR) is 143 cm³/mol. The third-order valence-electron chi connectivity index (χ3n) is 6.29. The number of methoxy groups -OCH3 is 1. The maximum Gasteiger partial charge on any atom is 0.188 e. The van der Waals surface area contributed by atoms with E-state index in [1.165, 1.54) is 27.8 Å². The van der Waals surface area contributed by atoms with Crippen LogP contribution in [0.25, 0.3) is 0 Å². The van der Waals surface area contributed by atoms with E-state index in [4.69, 9.17) is 20.7 Å². The van der Waals surface area contributed by atoms with Gasteiger partial charge in [-0.2, -0.15) is 0 Å². The van der Waals surface area contributed by atoms with Gasteiger partial charge in [-0.1, -0.05) is 111 Å². The van der Waals surface area contributed by atoms with Gasteiger partial charge in [0, 0.05) is 24.3 Å². The molecule has 0 radical (unpaired) electrons. The summed E-state index contributed by atoms with van der Waals surface area (Å²) < 4.78 is 11.6. The molecule has 0 aliphatic rings. The van der Waals surface area contributed by atoms with E-state index in [1.54, 1.807) is 7.11 Å². The minimum absolute atomic E-state index is 0.0984. The van der Waals surface area contributed by atoms with E-state index in [0.29, 0.717) is 0 Å². The summed E-state index contributed by atoms with van der Waals surface area (Å²) in [6.45, 7) is 4.73. The summed E-state index contributed by atoms with van der Waals surface area (Å²) in [5, 5.41) is -0.0984. The maximum absolute atomic E-state index is 6.77. The lowest BCUT2D eigenvalue weighted by molar-refractivity contribution is 0.0492. The third-order valence-corrected chi connectivity index (χ3v) is 8.61. The second-order valence-corrected chi connectivity index (χ2v) is 10.4. The first kappa shape index (κ1) is 25.8. The normalized spacial score (nSPS) is 13.3. The lowest BCUT2D eigenvalue weighted by atomic mass is 9.85. The lowest BCUT2D eigenvalue weighted by Gasteiger charge is -2.34. The molecule has 0 spiro atoms. The highest BCUT2D eigenvalue weighted by molar-refractivity contribution is 7.69. The molecule has 0 N–H and O–H groups in total. The third kappa shape index (κ3) is 6.82. The molecule has 0 amide bonds. The van der Waals surface area contributed by atoms with Gasteiger partial charge in [0.2, 0.25) is 0 Å². The smallest absolute Gasteiger partial charge is 0.188 e. The molecule has 0 aliphatic heterocycles. The van der Waals surface area contributed by atoms with Crippen LogP contribution in [-0.2, 0) is 22.7 Å². The maximum atomic E-state index is 6.77. The Labute approximate surface area is 206 Å². The molecule has 2 atom stereocenters. The van der Waals surface area contributed by atoms with Crippen LogP contribution in [0.5, 0.6) is 5.75 Å². The summed E-state index contributed by atoms with van der Waals surface area (Å²) >= 11 is 6.77. The Hall–Kier alpha value is -1.86. The van der Waals surface area contributed by atoms with Gasteiger partial charge in [-0.15, -0.1) is 0 Å². The van der Waals surface area contributed by atoms with E-state index in [2.05, 4.69) is 86.6 Å². The first-order chi connectivity index (χ1) is 16.2. The number of hydrogen-bond acceptors (Lipinski definition) is 2. The first-order valence-electron chi connectivity index (χ1n) is 11.9. The quantitative estimate of drug-likeness (QED) is 0.179. The molecule has 0 saturated heterocycles. The Morgan fingerprint density at radius 1 is 0.848 bits per heavy atom. The number of halogens is 1. The van der Waals surface area contributed by atoms with Crippen molar-refractivity contribution in [2.45, 2.75) is 57.5 Å². The fourth-order valence-electron chi connectivity index (χ4n) is 4.42. The van der Waals surface area contributed by atoms with Gasteiger partial charge in [-0.05, 0) is 49.4 Å². The van der Waals surface area contributed by atoms with Crippen molar-refractivity contribution in [3.05, 3.63) is 101 Å². The van der Waals surface area contributed by atoms with Crippen LogP contribution in [0.1, 0.15) is 67.3 Å². The monoisotopic (exact) mass is 482 g/mol. The topological polar surface area (TPSA) is 18.5 Å². The highest BCUT2D eigenvalue weighted by Crippen LogP contribution is 2.54. The van der Waals surface area contributed by atoms with E-state index in [1.807, 2.05) is 0 Å². The molecule has 2 nitrogen and oxygen atoms in total. The summed E-state index contributed by atoms with van der Waals surface area (Å²) in [4.78, 5) is 0. The second kappa shape index (κ2) is 13.1. The Bertz CT molecular complexity index is 972. The highest BCUT2D eigenvalue weighted by Gasteiger charge is 2.34. The summed E-state index contributed by atoms with van der Waals surface area (Å²) in [5.74, 6) is 0.948. The largest absolute Gasteiger partial charge is 0.467 e. The van der Waals surface area contributed by atoms with Crippen LogP contribution >= 0.6 is 19.2 Å². The van der Waals surface area contributed by atoms with Crippen molar-refractivity contribution in [3.63, 3.8) is 0 Å². The molecule has 0 aliphatic carbocycles. The van der Waals surface area contributed by atoms with E-state index in [9.17, 15) is 0 Å². The van der Waals surface area contributed by atoms with Gasteiger partial charge < -0.3 is 9.47 Å². The van der Waals surface area contributed by atoms with Gasteiger partial charge in [0.15, 0.2) is 6.79 Å². The first-order valence-corrected chi connectivity index (χ1v) is 13.9. The number of ether oxygens (including phenoxy) is 2. The molecule has 176 valence electrons. The SMILES string of the molecule is CCCCC(CC)(PCl)c1cc(Cc2ccccc2)cc(Cc2ccccc2)c1OCOC. The predicted octanol–water partition coefficient (Wildman–Crippen LogP) is 8.48. The van der Waals surface area contributed by atoms with Crippen LogP contribution in [0, 0.1) is 0 Å². The number of unbranched alkanes of at least 4 members (excludes halogenated alkanes) is 1. The van der Waals surface area contributed by atoms with E-state index in [-0.39, 0.29) is 19.9 Å². The Morgan fingerprint density at radius 3 is 2.03 bits per heavy atom. The molecule has 3 aromatic carbocycles. The fraction of sp³-hybridized carbons (Fsp3) is 0.379. The molecule has 0 heterocycles. The summed E-state index contributed by atoms with van der Waals surface area (Å²) in [6.07, 6.45) is 6.04. The van der Waals surface area contributed by atoms with Crippen molar-refractivity contribution in [2.75, 3.05) is 13.9 Å². The van der Waals surface area contributed by atoms with Crippen LogP contribution in [0.4, 0.5) is 0 Å². The molecule has 0 aromatic heterocycles. The molecule has 3 aromatic rings. The number of hydrogen-bond donors (Lipinski definition) is 0. The molecule has 0 fully saturated rings. The molecule has 4 heteroatoms. The Morgan fingerprint density at radius 2 is 1.48 bits per heavy atom. The van der Waals surface area contributed by atoms with E-state index >= 15 is 0 Å². The second-order valence-electron chi connectivity index (χ2n) is 8.64. The van der Waals surface area contributed by atoms with Crippen LogP contribution in [0.3, 0.4) is 0 Å². The lowest BCUT2D eigenvalue weighted by Crippen LogP contribution is -2.21. The molecular formula is C29H36ClO2P. The van der Waals surface area contributed by atoms with Gasteiger partial charge >= 0.3 is 0 Å². The van der Waals surface area contributed by atoms with Crippen LogP contribution < -0.4 is 4.74 Å². The van der Waals surface area contributed by atoms with Gasteiger partial charge in [0.25, 0.3) is 0 Å². The molecular weight excluding hydrogens is 447 g/mol. The number of rotatable bonds is 13. The molecule has 0 bridgehead atoms. The Balaban J connectivity index is 2.17. The zero-order chi connectivity index (χ0) is 23.5. The minimum atomic E-state index is -0.0984. The average molecular weight is 483 g/mol. The minimum Gasteiger partial charge on any atom is -0.467 e.